The molecular weight excluding hydrogens is 289 g/mol. The van der Waals surface area contributed by atoms with Crippen LogP contribution in [0.1, 0.15) is 16.9 Å². The maximum atomic E-state index is 13.8. The van der Waals surface area contributed by atoms with Crippen molar-refractivity contribution < 1.29 is 14.3 Å². The zero-order valence-corrected chi connectivity index (χ0v) is 12.0. The molecule has 0 aliphatic heterocycles. The van der Waals surface area contributed by atoms with Gasteiger partial charge in [-0.25, -0.2) is 4.39 Å². The van der Waals surface area contributed by atoms with Crippen molar-refractivity contribution in [2.45, 2.75) is 12.8 Å². The summed E-state index contributed by atoms with van der Waals surface area (Å²) in [5.74, 6) is 4.62. The summed E-state index contributed by atoms with van der Waals surface area (Å²) < 4.78 is 13.8. The molecule has 0 unspecified atom stereocenters. The standard InChI is InChI=1S/C16H14FNO2S/c17-15-10-13(7-6-12(15)4-1-2-8-19)18-16(20)11-14-5-3-9-21-14/h3,5-7,9-10,19H,2,8,11H2,(H,18,20). The fourth-order valence-corrected chi connectivity index (χ4v) is 2.39. The number of thiophene rings is 1. The Morgan fingerprint density at radius 3 is 2.90 bits per heavy atom. The van der Waals surface area contributed by atoms with Crippen molar-refractivity contribution in [1.82, 2.24) is 0 Å². The lowest BCUT2D eigenvalue weighted by molar-refractivity contribution is -0.115. The number of amides is 1. The molecule has 0 atom stereocenters. The highest BCUT2D eigenvalue weighted by Crippen LogP contribution is 2.15. The lowest BCUT2D eigenvalue weighted by atomic mass is 10.2. The van der Waals surface area contributed by atoms with Crippen molar-refractivity contribution in [2.75, 3.05) is 11.9 Å². The predicted molar refractivity (Wildman–Crippen MR) is 81.6 cm³/mol. The fraction of sp³-hybridized carbons (Fsp3) is 0.188. The van der Waals surface area contributed by atoms with E-state index in [9.17, 15) is 9.18 Å². The molecule has 0 aliphatic carbocycles. The topological polar surface area (TPSA) is 49.3 Å². The lowest BCUT2D eigenvalue weighted by Crippen LogP contribution is -2.13. The average molecular weight is 303 g/mol. The van der Waals surface area contributed by atoms with Crippen molar-refractivity contribution in [3.63, 3.8) is 0 Å². The Bertz CT molecular complexity index is 671. The van der Waals surface area contributed by atoms with E-state index in [2.05, 4.69) is 17.2 Å². The van der Waals surface area contributed by atoms with Gasteiger partial charge in [0.25, 0.3) is 0 Å². The smallest absolute Gasteiger partial charge is 0.229 e. The molecule has 2 aromatic rings. The largest absolute Gasteiger partial charge is 0.395 e. The van der Waals surface area contributed by atoms with Gasteiger partial charge in [-0.1, -0.05) is 17.9 Å². The van der Waals surface area contributed by atoms with Gasteiger partial charge in [0.05, 0.1) is 18.6 Å². The van der Waals surface area contributed by atoms with Crippen LogP contribution in [0, 0.1) is 17.7 Å². The number of aliphatic hydroxyl groups is 1. The molecule has 21 heavy (non-hydrogen) atoms. The second kappa shape index (κ2) is 7.58. The van der Waals surface area contributed by atoms with Gasteiger partial charge in [0, 0.05) is 17.0 Å². The summed E-state index contributed by atoms with van der Waals surface area (Å²) in [5.41, 5.74) is 0.654. The van der Waals surface area contributed by atoms with Gasteiger partial charge in [0.1, 0.15) is 5.82 Å². The first-order chi connectivity index (χ1) is 10.2. The monoisotopic (exact) mass is 303 g/mol. The zero-order valence-electron chi connectivity index (χ0n) is 11.2. The number of rotatable bonds is 4. The first-order valence-corrected chi connectivity index (χ1v) is 7.28. The molecule has 0 fully saturated rings. The predicted octanol–water partition coefficient (Wildman–Crippen LogP) is 2.80. The van der Waals surface area contributed by atoms with Crippen molar-refractivity contribution in [1.29, 1.82) is 0 Å². The fourth-order valence-electron chi connectivity index (χ4n) is 1.68. The van der Waals surface area contributed by atoms with Gasteiger partial charge in [0.2, 0.25) is 5.91 Å². The number of hydrogen-bond acceptors (Lipinski definition) is 3. The third-order valence-electron chi connectivity index (χ3n) is 2.63. The first-order valence-electron chi connectivity index (χ1n) is 6.40. The molecule has 5 heteroatoms. The van der Waals surface area contributed by atoms with Crippen molar-refractivity contribution in [3.8, 4) is 11.8 Å². The molecule has 108 valence electrons. The van der Waals surface area contributed by atoms with Crippen molar-refractivity contribution >= 4 is 22.9 Å². The van der Waals surface area contributed by atoms with E-state index in [0.717, 1.165) is 4.88 Å². The van der Waals surface area contributed by atoms with E-state index in [1.165, 1.54) is 23.5 Å². The maximum Gasteiger partial charge on any atom is 0.229 e. The third-order valence-corrected chi connectivity index (χ3v) is 3.50. The van der Waals surface area contributed by atoms with Gasteiger partial charge in [-0.05, 0) is 29.6 Å². The second-order valence-corrected chi connectivity index (χ2v) is 5.31. The molecule has 1 aromatic heterocycles. The van der Waals surface area contributed by atoms with Crippen LogP contribution in [0.4, 0.5) is 10.1 Å². The van der Waals surface area contributed by atoms with Gasteiger partial charge in [-0.3, -0.25) is 4.79 Å². The van der Waals surface area contributed by atoms with Gasteiger partial charge < -0.3 is 10.4 Å². The molecule has 1 amide bonds. The number of benzene rings is 1. The van der Waals surface area contributed by atoms with Crippen molar-refractivity contribution in [3.05, 3.63) is 52.0 Å². The maximum absolute atomic E-state index is 13.8. The average Bonchev–Trinajstić information content (AvgIpc) is 2.94. The molecule has 2 N–H and O–H groups in total. The lowest BCUT2D eigenvalue weighted by Gasteiger charge is -2.05. The van der Waals surface area contributed by atoms with E-state index < -0.39 is 5.82 Å². The van der Waals surface area contributed by atoms with Crippen molar-refractivity contribution in [2.24, 2.45) is 0 Å². The van der Waals surface area contributed by atoms with Gasteiger partial charge >= 0.3 is 0 Å². The number of aliphatic hydroxyl groups excluding tert-OH is 1. The van der Waals surface area contributed by atoms with Gasteiger partial charge in [-0.2, -0.15) is 0 Å². The third kappa shape index (κ3) is 4.71. The summed E-state index contributed by atoms with van der Waals surface area (Å²) in [6.45, 7) is -0.0501. The van der Waals surface area contributed by atoms with Crippen LogP contribution < -0.4 is 5.32 Å². The van der Waals surface area contributed by atoms with E-state index in [4.69, 9.17) is 5.11 Å². The molecule has 2 rings (SSSR count). The normalized spacial score (nSPS) is 9.81. The Hall–Kier alpha value is -2.16. The summed E-state index contributed by atoms with van der Waals surface area (Å²) in [5, 5.41) is 13.2. The Morgan fingerprint density at radius 2 is 2.24 bits per heavy atom. The van der Waals surface area contributed by atoms with E-state index in [1.54, 1.807) is 6.07 Å². The molecule has 0 saturated heterocycles. The Morgan fingerprint density at radius 1 is 1.38 bits per heavy atom. The number of nitrogens with one attached hydrogen (secondary N) is 1. The van der Waals surface area contributed by atoms with Gasteiger partial charge in [-0.15, -0.1) is 11.3 Å². The minimum Gasteiger partial charge on any atom is -0.395 e. The quantitative estimate of drug-likeness (QED) is 0.853. The van der Waals surface area contributed by atoms with Crippen LogP contribution in [0.15, 0.2) is 35.7 Å². The Kier molecular flexibility index (Phi) is 5.50. The summed E-state index contributed by atoms with van der Waals surface area (Å²) in [7, 11) is 0. The number of halogens is 1. The number of carbonyl (C=O) groups excluding carboxylic acids is 1. The number of hydrogen-bond donors (Lipinski definition) is 2. The first kappa shape index (κ1) is 15.2. The van der Waals surface area contributed by atoms with Crippen LogP contribution in [-0.4, -0.2) is 17.6 Å². The highest BCUT2D eigenvalue weighted by Gasteiger charge is 2.07. The zero-order chi connectivity index (χ0) is 15.1. The van der Waals surface area contributed by atoms with Crippen LogP contribution in [0.3, 0.4) is 0 Å². The van der Waals surface area contributed by atoms with Crippen LogP contribution in [0.5, 0.6) is 0 Å². The van der Waals surface area contributed by atoms with E-state index >= 15 is 0 Å². The molecular formula is C16H14FNO2S. The molecule has 0 spiro atoms. The SMILES string of the molecule is O=C(Cc1cccs1)Nc1ccc(C#CCCO)c(F)c1. The second-order valence-electron chi connectivity index (χ2n) is 4.27. The number of anilines is 1. The molecule has 1 heterocycles. The molecule has 0 radical (unpaired) electrons. The van der Waals surface area contributed by atoms with Crippen LogP contribution in [0.25, 0.3) is 0 Å². The van der Waals surface area contributed by atoms with Crippen LogP contribution in [-0.2, 0) is 11.2 Å². The van der Waals surface area contributed by atoms with Crippen LogP contribution >= 0.6 is 11.3 Å². The summed E-state index contributed by atoms with van der Waals surface area (Å²) in [6.07, 6.45) is 0.579. The minimum absolute atomic E-state index is 0.0501. The summed E-state index contributed by atoms with van der Waals surface area (Å²) in [6, 6.07) is 8.13. The molecule has 1 aromatic carbocycles. The van der Waals surface area contributed by atoms with E-state index in [1.807, 2.05) is 17.5 Å². The minimum atomic E-state index is -0.491. The Balaban J connectivity index is 2.00. The highest BCUT2D eigenvalue weighted by atomic mass is 32.1. The van der Waals surface area contributed by atoms with Gasteiger partial charge in [0.15, 0.2) is 0 Å². The van der Waals surface area contributed by atoms with E-state index in [0.29, 0.717) is 12.1 Å². The van der Waals surface area contributed by atoms with E-state index in [-0.39, 0.29) is 24.5 Å². The number of carbonyl (C=O) groups is 1. The molecule has 3 nitrogen and oxygen atoms in total. The molecule has 0 bridgehead atoms. The Labute approximate surface area is 126 Å². The summed E-state index contributed by atoms with van der Waals surface area (Å²) in [4.78, 5) is 12.8. The highest BCUT2D eigenvalue weighted by molar-refractivity contribution is 7.10. The van der Waals surface area contributed by atoms with Crippen LogP contribution in [0.2, 0.25) is 0 Å². The summed E-state index contributed by atoms with van der Waals surface area (Å²) >= 11 is 1.51. The molecule has 0 aliphatic rings. The molecule has 0 saturated carbocycles.